The predicted octanol–water partition coefficient (Wildman–Crippen LogP) is 1.51. The third kappa shape index (κ3) is 3.13. The summed E-state index contributed by atoms with van der Waals surface area (Å²) in [7, 11) is 2.17. The zero-order valence-electron chi connectivity index (χ0n) is 14.9. The van der Waals surface area contributed by atoms with Gasteiger partial charge in [0.05, 0.1) is 56.4 Å². The lowest BCUT2D eigenvalue weighted by molar-refractivity contribution is -0.883. The van der Waals surface area contributed by atoms with E-state index in [2.05, 4.69) is 12.1 Å². The number of quaternary nitrogens is 1. The van der Waals surface area contributed by atoms with Crippen LogP contribution in [0.1, 0.15) is 10.4 Å². The van der Waals surface area contributed by atoms with Crippen molar-refractivity contribution in [3.8, 4) is 16.9 Å². The quantitative estimate of drug-likeness (QED) is 0.780. The van der Waals surface area contributed by atoms with Gasteiger partial charge in [-0.25, -0.2) is 4.68 Å². The molecule has 1 aromatic heterocycles. The van der Waals surface area contributed by atoms with Gasteiger partial charge in [0, 0.05) is 5.56 Å². The summed E-state index contributed by atoms with van der Waals surface area (Å²) in [5.74, 6) is 0.0681. The molecule has 0 unspecified atom stereocenters. The molecule has 0 aliphatic carbocycles. The number of hydrogen-bond acceptors (Lipinski definition) is 2. The van der Waals surface area contributed by atoms with E-state index in [9.17, 15) is 4.79 Å². The third-order valence-electron chi connectivity index (χ3n) is 4.95. The van der Waals surface area contributed by atoms with E-state index < -0.39 is 0 Å². The number of carbonyl (C=O) groups excluding carboxylic acids is 1. The summed E-state index contributed by atoms with van der Waals surface area (Å²) in [4.78, 5) is 16.6. The molecule has 5 nitrogen and oxygen atoms in total. The molecule has 1 aliphatic rings. The number of rotatable bonds is 3. The summed E-state index contributed by atoms with van der Waals surface area (Å²) in [6.45, 7) is 3.54. The molecule has 1 saturated heterocycles. The topological polar surface area (TPSA) is 42.6 Å². The van der Waals surface area contributed by atoms with Crippen LogP contribution in [0.15, 0.2) is 66.9 Å². The molecule has 2 aromatic carbocycles. The molecular formula is C21H23N4O+. The summed E-state index contributed by atoms with van der Waals surface area (Å²) < 4.78 is 1.86. The Bertz CT molecular complexity index is 881. The highest BCUT2D eigenvalue weighted by atomic mass is 16.2. The van der Waals surface area contributed by atoms with Crippen molar-refractivity contribution in [3.63, 3.8) is 0 Å². The molecule has 5 heteroatoms. The minimum Gasteiger partial charge on any atom is -0.334 e. The van der Waals surface area contributed by atoms with Crippen molar-refractivity contribution in [1.29, 1.82) is 0 Å². The second-order valence-corrected chi connectivity index (χ2v) is 6.77. The zero-order valence-corrected chi connectivity index (χ0v) is 14.9. The Morgan fingerprint density at radius 2 is 1.58 bits per heavy atom. The van der Waals surface area contributed by atoms with E-state index in [0.717, 1.165) is 43.1 Å². The van der Waals surface area contributed by atoms with Gasteiger partial charge < -0.3 is 9.80 Å². The largest absolute Gasteiger partial charge is 0.334 e. The SMILES string of the molecule is C[NH+]1CCN(C(=O)c2cnn(-c3ccccc3)c2-c2ccccc2)CC1. The molecule has 0 bridgehead atoms. The van der Waals surface area contributed by atoms with E-state index in [1.807, 2.05) is 70.2 Å². The summed E-state index contributed by atoms with van der Waals surface area (Å²) in [6.07, 6.45) is 1.71. The van der Waals surface area contributed by atoms with Gasteiger partial charge in [0.25, 0.3) is 5.91 Å². The van der Waals surface area contributed by atoms with Gasteiger partial charge in [-0.2, -0.15) is 5.10 Å². The standard InChI is InChI=1S/C21H22N4O/c1-23-12-14-24(15-13-23)21(26)19-16-22-25(18-10-6-3-7-11-18)20(19)17-8-4-2-5-9-17/h2-11,16H,12-15H2,1H3/p+1. The fourth-order valence-corrected chi connectivity index (χ4v) is 3.41. The van der Waals surface area contributed by atoms with Crippen LogP contribution in [0.5, 0.6) is 0 Å². The van der Waals surface area contributed by atoms with Gasteiger partial charge in [-0.15, -0.1) is 0 Å². The van der Waals surface area contributed by atoms with Crippen molar-refractivity contribution in [2.24, 2.45) is 0 Å². The zero-order chi connectivity index (χ0) is 17.9. The minimum atomic E-state index is 0.0681. The Morgan fingerprint density at radius 3 is 2.23 bits per heavy atom. The van der Waals surface area contributed by atoms with Gasteiger partial charge >= 0.3 is 0 Å². The van der Waals surface area contributed by atoms with E-state index in [1.165, 1.54) is 4.90 Å². The molecule has 1 aliphatic heterocycles. The van der Waals surface area contributed by atoms with Crippen molar-refractivity contribution in [1.82, 2.24) is 14.7 Å². The average molecular weight is 347 g/mol. The molecule has 132 valence electrons. The monoisotopic (exact) mass is 347 g/mol. The van der Waals surface area contributed by atoms with Crippen LogP contribution >= 0.6 is 0 Å². The normalized spacial score (nSPS) is 15.2. The molecule has 1 N–H and O–H groups in total. The van der Waals surface area contributed by atoms with E-state index in [-0.39, 0.29) is 5.91 Å². The van der Waals surface area contributed by atoms with Crippen LogP contribution in [0.4, 0.5) is 0 Å². The first kappa shape index (κ1) is 16.5. The van der Waals surface area contributed by atoms with Gasteiger partial charge in [-0.05, 0) is 12.1 Å². The van der Waals surface area contributed by atoms with Crippen LogP contribution < -0.4 is 4.90 Å². The average Bonchev–Trinajstić information content (AvgIpc) is 3.14. The van der Waals surface area contributed by atoms with Crippen molar-refractivity contribution < 1.29 is 9.69 Å². The first-order valence-corrected chi connectivity index (χ1v) is 9.03. The highest BCUT2D eigenvalue weighted by Crippen LogP contribution is 2.27. The maximum Gasteiger partial charge on any atom is 0.258 e. The maximum absolute atomic E-state index is 13.2. The lowest BCUT2D eigenvalue weighted by atomic mass is 10.1. The van der Waals surface area contributed by atoms with Gasteiger partial charge in [0.15, 0.2) is 0 Å². The number of nitrogens with zero attached hydrogens (tertiary/aromatic N) is 3. The van der Waals surface area contributed by atoms with E-state index in [4.69, 9.17) is 0 Å². The van der Waals surface area contributed by atoms with Gasteiger partial charge in [0.1, 0.15) is 0 Å². The number of aromatic nitrogens is 2. The van der Waals surface area contributed by atoms with Crippen molar-refractivity contribution in [2.45, 2.75) is 0 Å². The molecule has 26 heavy (non-hydrogen) atoms. The first-order chi connectivity index (χ1) is 12.7. The summed E-state index contributed by atoms with van der Waals surface area (Å²) in [5, 5.41) is 4.56. The van der Waals surface area contributed by atoms with Crippen LogP contribution in [0, 0.1) is 0 Å². The summed E-state index contributed by atoms with van der Waals surface area (Å²) >= 11 is 0. The number of amides is 1. The first-order valence-electron chi connectivity index (χ1n) is 9.03. The van der Waals surface area contributed by atoms with Crippen molar-refractivity contribution in [2.75, 3.05) is 33.2 Å². The highest BCUT2D eigenvalue weighted by molar-refractivity contribution is 6.00. The predicted molar refractivity (Wildman–Crippen MR) is 102 cm³/mol. The Balaban J connectivity index is 1.78. The molecule has 3 aromatic rings. The number of likely N-dealkylation sites (N-methyl/N-ethyl adjacent to an activating group) is 1. The van der Waals surface area contributed by atoms with Gasteiger partial charge in [-0.3, -0.25) is 4.79 Å². The molecule has 0 saturated carbocycles. The molecular weight excluding hydrogens is 324 g/mol. The number of nitrogens with one attached hydrogen (secondary N) is 1. The highest BCUT2D eigenvalue weighted by Gasteiger charge is 2.27. The minimum absolute atomic E-state index is 0.0681. The second kappa shape index (κ2) is 7.14. The van der Waals surface area contributed by atoms with E-state index in [1.54, 1.807) is 6.20 Å². The lowest BCUT2D eigenvalue weighted by Gasteiger charge is -2.30. The number of piperazine rings is 1. The van der Waals surface area contributed by atoms with Crippen LogP contribution in [0.3, 0.4) is 0 Å². The maximum atomic E-state index is 13.2. The van der Waals surface area contributed by atoms with Crippen molar-refractivity contribution >= 4 is 5.91 Å². The Morgan fingerprint density at radius 1 is 0.962 bits per heavy atom. The van der Waals surface area contributed by atoms with Crippen molar-refractivity contribution in [3.05, 3.63) is 72.4 Å². The molecule has 1 amide bonds. The summed E-state index contributed by atoms with van der Waals surface area (Å²) in [6, 6.07) is 20.0. The van der Waals surface area contributed by atoms with Crippen LogP contribution in [-0.4, -0.2) is 53.8 Å². The van der Waals surface area contributed by atoms with Crippen LogP contribution in [-0.2, 0) is 0 Å². The Kier molecular flexibility index (Phi) is 4.54. The number of benzene rings is 2. The van der Waals surface area contributed by atoms with Gasteiger partial charge in [-0.1, -0.05) is 48.5 Å². The Hall–Kier alpha value is -2.92. The molecule has 0 radical (unpaired) electrons. The molecule has 0 spiro atoms. The fourth-order valence-electron chi connectivity index (χ4n) is 3.41. The molecule has 2 heterocycles. The Labute approximate surface area is 153 Å². The molecule has 4 rings (SSSR count). The summed E-state index contributed by atoms with van der Waals surface area (Å²) in [5.41, 5.74) is 3.47. The number of carbonyl (C=O) groups is 1. The van der Waals surface area contributed by atoms with Crippen LogP contribution in [0.25, 0.3) is 16.9 Å². The van der Waals surface area contributed by atoms with Gasteiger partial charge in [0.2, 0.25) is 0 Å². The molecule has 0 atom stereocenters. The van der Waals surface area contributed by atoms with Crippen LogP contribution in [0.2, 0.25) is 0 Å². The molecule has 1 fully saturated rings. The number of para-hydroxylation sites is 1. The van der Waals surface area contributed by atoms with E-state index >= 15 is 0 Å². The smallest absolute Gasteiger partial charge is 0.258 e. The third-order valence-corrected chi connectivity index (χ3v) is 4.95. The van der Waals surface area contributed by atoms with E-state index in [0.29, 0.717) is 5.56 Å². The fraction of sp³-hybridized carbons (Fsp3) is 0.238. The number of hydrogen-bond donors (Lipinski definition) is 1. The lowest BCUT2D eigenvalue weighted by Crippen LogP contribution is -3.12. The second-order valence-electron chi connectivity index (χ2n) is 6.77.